The summed E-state index contributed by atoms with van der Waals surface area (Å²) in [5.41, 5.74) is -0.0795. The average molecular weight is 347 g/mol. The Balaban J connectivity index is 2.61. The van der Waals surface area contributed by atoms with E-state index in [9.17, 15) is 23.1 Å². The molecule has 0 aromatic heterocycles. The van der Waals surface area contributed by atoms with Crippen LogP contribution >= 0.6 is 11.6 Å². The van der Waals surface area contributed by atoms with Crippen LogP contribution in [0, 0.1) is 0 Å². The van der Waals surface area contributed by atoms with Gasteiger partial charge in [-0.15, -0.1) is 13.2 Å². The molecule has 0 aliphatic rings. The minimum Gasteiger partial charge on any atom is -0.479 e. The highest BCUT2D eigenvalue weighted by Crippen LogP contribution is 2.38. The van der Waals surface area contributed by atoms with Gasteiger partial charge < -0.3 is 14.9 Å². The van der Waals surface area contributed by atoms with Crippen LogP contribution < -0.4 is 4.74 Å². The fraction of sp³-hybridized carbons (Fsp3) is 0.133. The molecule has 0 fully saturated rings. The minimum absolute atomic E-state index is 0.0169. The molecule has 0 heterocycles. The maximum Gasteiger partial charge on any atom is 0.573 e. The summed E-state index contributed by atoms with van der Waals surface area (Å²) < 4.78 is 41.5. The van der Waals surface area contributed by atoms with Crippen molar-refractivity contribution in [3.05, 3.63) is 53.1 Å². The topological polar surface area (TPSA) is 66.8 Å². The molecule has 0 aliphatic carbocycles. The normalized spacial score (nSPS) is 12.7. The Hall–Kier alpha value is -2.25. The Kier molecular flexibility index (Phi) is 4.82. The van der Waals surface area contributed by atoms with Gasteiger partial charge in [0.1, 0.15) is 5.75 Å². The van der Waals surface area contributed by atoms with Gasteiger partial charge in [-0.05, 0) is 23.8 Å². The first-order valence-corrected chi connectivity index (χ1v) is 6.62. The van der Waals surface area contributed by atoms with Crippen molar-refractivity contribution in [2.45, 2.75) is 12.5 Å². The lowest BCUT2D eigenvalue weighted by molar-refractivity contribution is -0.274. The quantitative estimate of drug-likeness (QED) is 0.877. The highest BCUT2D eigenvalue weighted by Gasteiger charge is 2.32. The van der Waals surface area contributed by atoms with E-state index in [1.165, 1.54) is 36.4 Å². The molecule has 0 aliphatic heterocycles. The second-order valence-corrected chi connectivity index (χ2v) is 4.95. The van der Waals surface area contributed by atoms with Crippen molar-refractivity contribution < 1.29 is 32.9 Å². The lowest BCUT2D eigenvalue weighted by Crippen LogP contribution is -2.18. The van der Waals surface area contributed by atoms with E-state index in [4.69, 9.17) is 16.7 Å². The van der Waals surface area contributed by atoms with Gasteiger partial charge in [-0.2, -0.15) is 0 Å². The number of benzene rings is 2. The van der Waals surface area contributed by atoms with E-state index >= 15 is 0 Å². The molecule has 0 spiro atoms. The number of carboxylic acids is 1. The van der Waals surface area contributed by atoms with Crippen molar-refractivity contribution in [1.82, 2.24) is 0 Å². The zero-order valence-electron chi connectivity index (χ0n) is 11.3. The molecule has 0 radical (unpaired) electrons. The van der Waals surface area contributed by atoms with Gasteiger partial charge in [0.15, 0.2) is 6.10 Å². The van der Waals surface area contributed by atoms with E-state index in [0.29, 0.717) is 0 Å². The Morgan fingerprint density at radius 3 is 2.39 bits per heavy atom. The largest absolute Gasteiger partial charge is 0.573 e. The number of hydrogen-bond acceptors (Lipinski definition) is 3. The van der Waals surface area contributed by atoms with Crippen molar-refractivity contribution in [1.29, 1.82) is 0 Å². The molecule has 0 amide bonds. The number of rotatable bonds is 4. The molecule has 1 unspecified atom stereocenters. The molecule has 8 heteroatoms. The predicted octanol–water partition coefficient (Wildman–Crippen LogP) is 4.02. The Morgan fingerprint density at radius 2 is 1.78 bits per heavy atom. The highest BCUT2D eigenvalue weighted by atomic mass is 35.5. The van der Waals surface area contributed by atoms with E-state index in [-0.39, 0.29) is 21.7 Å². The molecule has 4 nitrogen and oxygen atoms in total. The fourth-order valence-corrected chi connectivity index (χ4v) is 2.22. The number of carbonyl (C=O) groups is 1. The second kappa shape index (κ2) is 6.47. The third-order valence-electron chi connectivity index (χ3n) is 2.95. The molecule has 23 heavy (non-hydrogen) atoms. The van der Waals surface area contributed by atoms with Gasteiger partial charge in [-0.1, -0.05) is 35.9 Å². The van der Waals surface area contributed by atoms with E-state index in [2.05, 4.69) is 4.74 Å². The predicted molar refractivity (Wildman–Crippen MR) is 76.2 cm³/mol. The standard InChI is InChI=1S/C15H10ClF3O4/c16-8-5-6-9(11(7-8)13(20)14(21)22)10-3-1-2-4-12(10)23-15(17,18)19/h1-7,13,20H,(H,21,22). The molecule has 0 saturated heterocycles. The van der Waals surface area contributed by atoms with Crippen molar-refractivity contribution in [3.63, 3.8) is 0 Å². The molecule has 0 saturated carbocycles. The number of aliphatic carboxylic acids is 1. The molecule has 122 valence electrons. The maximum absolute atomic E-state index is 12.5. The summed E-state index contributed by atoms with van der Waals surface area (Å²) in [5, 5.41) is 18.9. The third kappa shape index (κ3) is 4.14. The van der Waals surface area contributed by atoms with Crippen LogP contribution in [0.15, 0.2) is 42.5 Å². The van der Waals surface area contributed by atoms with Crippen LogP contribution in [0.1, 0.15) is 11.7 Å². The molecule has 2 rings (SSSR count). The first-order valence-electron chi connectivity index (χ1n) is 6.24. The summed E-state index contributed by atoms with van der Waals surface area (Å²) in [4.78, 5) is 11.0. The van der Waals surface area contributed by atoms with Crippen molar-refractivity contribution in [2.75, 3.05) is 0 Å². The number of aliphatic hydroxyl groups excluding tert-OH is 1. The van der Waals surface area contributed by atoms with Crippen LogP contribution in [0.2, 0.25) is 5.02 Å². The van der Waals surface area contributed by atoms with Crippen LogP contribution in [0.5, 0.6) is 5.75 Å². The number of hydrogen-bond donors (Lipinski definition) is 2. The number of para-hydroxylation sites is 1. The lowest BCUT2D eigenvalue weighted by atomic mass is 9.95. The van der Waals surface area contributed by atoms with Crippen molar-refractivity contribution in [2.24, 2.45) is 0 Å². The summed E-state index contributed by atoms with van der Waals surface area (Å²) in [6, 6.07) is 9.09. The minimum atomic E-state index is -4.91. The van der Waals surface area contributed by atoms with Gasteiger partial charge in [0.05, 0.1) is 0 Å². The van der Waals surface area contributed by atoms with E-state index in [0.717, 1.165) is 6.07 Å². The summed E-state index contributed by atoms with van der Waals surface area (Å²) in [5.74, 6) is -2.07. The Bertz CT molecular complexity index is 731. The number of alkyl halides is 3. The molecule has 2 aromatic rings. The maximum atomic E-state index is 12.5. The highest BCUT2D eigenvalue weighted by molar-refractivity contribution is 6.30. The van der Waals surface area contributed by atoms with E-state index in [1.54, 1.807) is 0 Å². The molecule has 1 atom stereocenters. The summed E-state index contributed by atoms with van der Waals surface area (Å²) in [6.45, 7) is 0. The van der Waals surface area contributed by atoms with Crippen LogP contribution in [-0.4, -0.2) is 22.5 Å². The van der Waals surface area contributed by atoms with Gasteiger partial charge in [0, 0.05) is 16.1 Å². The van der Waals surface area contributed by atoms with Gasteiger partial charge in [-0.3, -0.25) is 0 Å². The van der Waals surface area contributed by atoms with Gasteiger partial charge >= 0.3 is 12.3 Å². The Morgan fingerprint density at radius 1 is 1.13 bits per heavy atom. The number of aliphatic hydroxyl groups is 1. The van der Waals surface area contributed by atoms with Crippen molar-refractivity contribution in [3.8, 4) is 16.9 Å². The van der Waals surface area contributed by atoms with Crippen molar-refractivity contribution >= 4 is 17.6 Å². The zero-order valence-corrected chi connectivity index (χ0v) is 12.1. The number of ether oxygens (including phenoxy) is 1. The smallest absolute Gasteiger partial charge is 0.479 e. The fourth-order valence-electron chi connectivity index (χ4n) is 2.04. The summed E-state index contributed by atoms with van der Waals surface area (Å²) >= 11 is 5.78. The molecular formula is C15H10ClF3O4. The Labute approximate surface area is 133 Å². The molecule has 2 aromatic carbocycles. The van der Waals surface area contributed by atoms with Gasteiger partial charge in [0.25, 0.3) is 0 Å². The van der Waals surface area contributed by atoms with Gasteiger partial charge in [-0.25, -0.2) is 4.79 Å². The first-order chi connectivity index (χ1) is 10.7. The zero-order chi connectivity index (χ0) is 17.2. The van der Waals surface area contributed by atoms with Gasteiger partial charge in [0.2, 0.25) is 0 Å². The molecule has 0 bridgehead atoms. The monoisotopic (exact) mass is 346 g/mol. The van der Waals surface area contributed by atoms with E-state index < -0.39 is 24.2 Å². The number of carboxylic acid groups (broad SMARTS) is 1. The average Bonchev–Trinajstić information content (AvgIpc) is 2.45. The van der Waals surface area contributed by atoms with Crippen LogP contribution in [0.25, 0.3) is 11.1 Å². The molecular weight excluding hydrogens is 337 g/mol. The third-order valence-corrected chi connectivity index (χ3v) is 3.18. The van der Waals surface area contributed by atoms with E-state index in [1.807, 2.05) is 0 Å². The second-order valence-electron chi connectivity index (χ2n) is 4.52. The van der Waals surface area contributed by atoms with Crippen LogP contribution in [-0.2, 0) is 4.79 Å². The lowest BCUT2D eigenvalue weighted by Gasteiger charge is -2.17. The van der Waals surface area contributed by atoms with Crippen LogP contribution in [0.3, 0.4) is 0 Å². The number of halogens is 4. The SMILES string of the molecule is O=C(O)C(O)c1cc(Cl)ccc1-c1ccccc1OC(F)(F)F. The molecule has 2 N–H and O–H groups in total. The van der Waals surface area contributed by atoms with Crippen LogP contribution in [0.4, 0.5) is 13.2 Å². The summed E-state index contributed by atoms with van der Waals surface area (Å²) in [6.07, 6.45) is -6.85. The summed E-state index contributed by atoms with van der Waals surface area (Å²) in [7, 11) is 0. The first kappa shape index (κ1) is 17.1.